The van der Waals surface area contributed by atoms with Crippen molar-refractivity contribution >= 4 is 46.5 Å². The molecular weight excluding hydrogens is 395 g/mol. The zero-order valence-electron chi connectivity index (χ0n) is 14.9. The zero-order chi connectivity index (χ0) is 19.3. The first-order valence-electron chi connectivity index (χ1n) is 8.46. The van der Waals surface area contributed by atoms with Crippen molar-refractivity contribution < 1.29 is 14.3 Å². The molecule has 0 spiro atoms. The fourth-order valence-electron chi connectivity index (χ4n) is 2.63. The Kier molecular flexibility index (Phi) is 7.55. The van der Waals surface area contributed by atoms with Crippen LogP contribution in [0.1, 0.15) is 45.2 Å². The number of unbranched alkanes of at least 4 members (excludes halogenated alkanes) is 1. The molecular formula is C18H22Cl2N2O3S. The van der Waals surface area contributed by atoms with Gasteiger partial charge < -0.3 is 20.1 Å². The van der Waals surface area contributed by atoms with Crippen LogP contribution in [0, 0.1) is 0 Å². The Balaban J connectivity index is 2.39. The number of carbonyl (C=O) groups is 1. The molecule has 8 heteroatoms. The number of benzene rings is 1. The Morgan fingerprint density at radius 3 is 2.50 bits per heavy atom. The van der Waals surface area contributed by atoms with E-state index in [-0.39, 0.29) is 6.61 Å². The van der Waals surface area contributed by atoms with Crippen LogP contribution in [0.2, 0.25) is 10.0 Å². The minimum atomic E-state index is -0.512. The van der Waals surface area contributed by atoms with Crippen LogP contribution in [0.5, 0.6) is 5.75 Å². The summed E-state index contributed by atoms with van der Waals surface area (Å²) in [6.07, 6.45) is 1.92. The lowest BCUT2D eigenvalue weighted by Gasteiger charge is -2.30. The average Bonchev–Trinajstić information content (AvgIpc) is 2.56. The highest BCUT2D eigenvalue weighted by Crippen LogP contribution is 2.38. The summed E-state index contributed by atoms with van der Waals surface area (Å²) in [7, 11) is 0. The van der Waals surface area contributed by atoms with Gasteiger partial charge in [0.15, 0.2) is 10.9 Å². The molecule has 1 aliphatic heterocycles. The molecule has 1 atom stereocenters. The van der Waals surface area contributed by atoms with E-state index in [1.807, 2.05) is 0 Å². The van der Waals surface area contributed by atoms with E-state index in [0.717, 1.165) is 12.8 Å². The number of rotatable bonds is 7. The lowest BCUT2D eigenvalue weighted by Crippen LogP contribution is -2.45. The highest BCUT2D eigenvalue weighted by atomic mass is 35.5. The third kappa shape index (κ3) is 4.81. The molecule has 5 nitrogen and oxygen atoms in total. The van der Waals surface area contributed by atoms with Gasteiger partial charge >= 0.3 is 5.97 Å². The lowest BCUT2D eigenvalue weighted by atomic mass is 9.95. The van der Waals surface area contributed by atoms with Gasteiger partial charge in [-0.05, 0) is 50.2 Å². The molecule has 0 aromatic heterocycles. The van der Waals surface area contributed by atoms with Gasteiger partial charge in [-0.25, -0.2) is 4.79 Å². The molecule has 0 radical (unpaired) electrons. The van der Waals surface area contributed by atoms with Crippen molar-refractivity contribution in [3.63, 3.8) is 0 Å². The molecule has 0 amide bonds. The van der Waals surface area contributed by atoms with Gasteiger partial charge in [-0.15, -0.1) is 0 Å². The average molecular weight is 417 g/mol. The summed E-state index contributed by atoms with van der Waals surface area (Å²) in [5.74, 6) is 0.0217. The van der Waals surface area contributed by atoms with E-state index < -0.39 is 12.0 Å². The molecule has 26 heavy (non-hydrogen) atoms. The molecule has 1 aromatic carbocycles. The number of hydrogen-bond acceptors (Lipinski definition) is 4. The van der Waals surface area contributed by atoms with E-state index >= 15 is 0 Å². The molecule has 0 unspecified atom stereocenters. The maximum absolute atomic E-state index is 12.4. The highest BCUT2D eigenvalue weighted by molar-refractivity contribution is 7.80. The summed E-state index contributed by atoms with van der Waals surface area (Å²) >= 11 is 18.0. The molecule has 142 valence electrons. The Bertz CT molecular complexity index is 714. The first kappa shape index (κ1) is 20.8. The van der Waals surface area contributed by atoms with Gasteiger partial charge in [-0.3, -0.25) is 0 Å². The van der Waals surface area contributed by atoms with Crippen LogP contribution in [-0.2, 0) is 9.53 Å². The van der Waals surface area contributed by atoms with Crippen molar-refractivity contribution in [2.45, 2.75) is 39.7 Å². The third-order valence-corrected chi connectivity index (χ3v) is 4.64. The topological polar surface area (TPSA) is 59.6 Å². The predicted molar refractivity (Wildman–Crippen MR) is 108 cm³/mol. The quantitative estimate of drug-likeness (QED) is 0.386. The fourth-order valence-corrected chi connectivity index (χ4v) is 3.51. The van der Waals surface area contributed by atoms with Gasteiger partial charge in [0.05, 0.1) is 34.9 Å². The lowest BCUT2D eigenvalue weighted by molar-refractivity contribution is -0.139. The second-order valence-corrected chi connectivity index (χ2v) is 7.03. The molecule has 0 aliphatic carbocycles. The van der Waals surface area contributed by atoms with Crippen molar-refractivity contribution in [1.29, 1.82) is 0 Å². The minimum Gasteiger partial charge on any atom is -0.490 e. The fraction of sp³-hybridized carbons (Fsp3) is 0.444. The van der Waals surface area contributed by atoms with E-state index in [1.165, 1.54) is 0 Å². The minimum absolute atomic E-state index is 0.276. The standard InChI is InChI=1S/C18H22Cl2N2O3S/c1-4-6-7-25-16-12(19)8-11(9-13(16)20)15-14(17(23)24-5-2)10(3)21-18(26)22-15/h8-9,15H,4-7H2,1-3H3,(H2,21,22,26)/t15-/m1/s1. The largest absolute Gasteiger partial charge is 0.490 e. The van der Waals surface area contributed by atoms with Gasteiger partial charge in [-0.2, -0.15) is 0 Å². The smallest absolute Gasteiger partial charge is 0.338 e. The normalized spacial score (nSPS) is 16.8. The van der Waals surface area contributed by atoms with E-state index in [1.54, 1.807) is 26.0 Å². The first-order valence-corrected chi connectivity index (χ1v) is 9.62. The summed E-state index contributed by atoms with van der Waals surface area (Å²) in [6.45, 7) is 6.43. The van der Waals surface area contributed by atoms with Crippen molar-refractivity contribution in [3.05, 3.63) is 39.0 Å². The Hall–Kier alpha value is -1.50. The second-order valence-electron chi connectivity index (χ2n) is 5.81. The zero-order valence-corrected chi connectivity index (χ0v) is 17.3. The summed E-state index contributed by atoms with van der Waals surface area (Å²) in [4.78, 5) is 12.4. The van der Waals surface area contributed by atoms with Crippen molar-refractivity contribution in [2.24, 2.45) is 0 Å². The molecule has 2 N–H and O–H groups in total. The molecule has 1 aliphatic rings. The summed E-state index contributed by atoms with van der Waals surface area (Å²) < 4.78 is 10.9. The van der Waals surface area contributed by atoms with Crippen LogP contribution >= 0.6 is 35.4 Å². The van der Waals surface area contributed by atoms with Crippen LogP contribution in [-0.4, -0.2) is 24.3 Å². The monoisotopic (exact) mass is 416 g/mol. The molecule has 0 bridgehead atoms. The van der Waals surface area contributed by atoms with Crippen molar-refractivity contribution in [1.82, 2.24) is 10.6 Å². The van der Waals surface area contributed by atoms with Gasteiger partial charge in [-0.1, -0.05) is 36.5 Å². The first-order chi connectivity index (χ1) is 12.4. The summed E-state index contributed by atoms with van der Waals surface area (Å²) in [5, 5.41) is 7.22. The van der Waals surface area contributed by atoms with Crippen molar-refractivity contribution in [3.8, 4) is 5.75 Å². The number of ether oxygens (including phenoxy) is 2. The molecule has 0 saturated carbocycles. The second kappa shape index (κ2) is 9.44. The summed E-state index contributed by atoms with van der Waals surface area (Å²) in [5.41, 5.74) is 1.77. The van der Waals surface area contributed by atoms with Crippen LogP contribution < -0.4 is 15.4 Å². The molecule has 1 aromatic rings. The van der Waals surface area contributed by atoms with Crippen LogP contribution in [0.3, 0.4) is 0 Å². The van der Waals surface area contributed by atoms with Gasteiger partial charge in [0.1, 0.15) is 0 Å². The Labute approximate surface area is 169 Å². The Morgan fingerprint density at radius 1 is 1.27 bits per heavy atom. The SMILES string of the molecule is CCCCOc1c(Cl)cc([C@H]2NC(=S)NC(C)=C2C(=O)OCC)cc1Cl. The number of halogens is 2. The molecule has 0 saturated heterocycles. The van der Waals surface area contributed by atoms with Gasteiger partial charge in [0.25, 0.3) is 0 Å². The number of allylic oxidation sites excluding steroid dienone is 1. The predicted octanol–water partition coefficient (Wildman–Crippen LogP) is 4.53. The Morgan fingerprint density at radius 2 is 1.92 bits per heavy atom. The van der Waals surface area contributed by atoms with Crippen LogP contribution in [0.15, 0.2) is 23.4 Å². The maximum atomic E-state index is 12.4. The third-order valence-electron chi connectivity index (χ3n) is 3.86. The highest BCUT2D eigenvalue weighted by Gasteiger charge is 2.31. The number of carbonyl (C=O) groups excluding carboxylic acids is 1. The molecule has 2 rings (SSSR count). The molecule has 1 heterocycles. The van der Waals surface area contributed by atoms with Gasteiger partial charge in [0.2, 0.25) is 0 Å². The number of hydrogen-bond donors (Lipinski definition) is 2. The van der Waals surface area contributed by atoms with E-state index in [2.05, 4.69) is 17.6 Å². The number of esters is 1. The molecule has 0 fully saturated rings. The number of thiocarbonyl (C=S) groups is 1. The van der Waals surface area contributed by atoms with Crippen LogP contribution in [0.25, 0.3) is 0 Å². The summed E-state index contributed by atoms with van der Waals surface area (Å²) in [6, 6.07) is 2.95. The van der Waals surface area contributed by atoms with E-state index in [0.29, 0.717) is 44.3 Å². The van der Waals surface area contributed by atoms with Gasteiger partial charge in [0, 0.05) is 5.70 Å². The van der Waals surface area contributed by atoms with E-state index in [9.17, 15) is 4.79 Å². The van der Waals surface area contributed by atoms with Crippen LogP contribution in [0.4, 0.5) is 0 Å². The number of nitrogens with one attached hydrogen (secondary N) is 2. The van der Waals surface area contributed by atoms with E-state index in [4.69, 9.17) is 44.9 Å². The maximum Gasteiger partial charge on any atom is 0.338 e. The van der Waals surface area contributed by atoms with Crippen molar-refractivity contribution in [2.75, 3.05) is 13.2 Å².